The third-order valence-electron chi connectivity index (χ3n) is 3.94. The molecule has 0 spiro atoms. The van der Waals surface area contributed by atoms with Gasteiger partial charge in [0.05, 0.1) is 17.8 Å². The van der Waals surface area contributed by atoms with E-state index in [9.17, 15) is 9.90 Å². The normalized spacial score (nSPS) is 21.4. The molecular weight excluding hydrogens is 304 g/mol. The van der Waals surface area contributed by atoms with Crippen molar-refractivity contribution in [2.75, 3.05) is 6.54 Å². The zero-order valence-corrected chi connectivity index (χ0v) is 13.2. The van der Waals surface area contributed by atoms with Gasteiger partial charge in [-0.15, -0.1) is 0 Å². The van der Waals surface area contributed by atoms with Crippen molar-refractivity contribution in [3.63, 3.8) is 0 Å². The lowest BCUT2D eigenvalue weighted by Gasteiger charge is -2.26. The van der Waals surface area contributed by atoms with E-state index in [1.54, 1.807) is 30.9 Å². The molecule has 1 N–H and O–H groups in total. The lowest BCUT2D eigenvalue weighted by atomic mass is 10.0. The Hall–Kier alpha value is -1.85. The van der Waals surface area contributed by atoms with Crippen molar-refractivity contribution < 1.29 is 14.3 Å². The molecule has 6 heteroatoms. The van der Waals surface area contributed by atoms with Gasteiger partial charge in [-0.2, -0.15) is 0 Å². The van der Waals surface area contributed by atoms with Gasteiger partial charge < -0.3 is 14.4 Å². The van der Waals surface area contributed by atoms with E-state index in [2.05, 4.69) is 4.98 Å². The Labute approximate surface area is 133 Å². The minimum Gasteiger partial charge on any atom is -0.436 e. The Balaban J connectivity index is 1.93. The smallest absolute Gasteiger partial charge is 0.292 e. The predicted molar refractivity (Wildman–Crippen MR) is 81.8 cm³/mol. The first-order chi connectivity index (χ1) is 10.5. The van der Waals surface area contributed by atoms with Crippen molar-refractivity contribution >= 4 is 17.5 Å². The molecule has 1 aliphatic heterocycles. The molecule has 116 valence electrons. The summed E-state index contributed by atoms with van der Waals surface area (Å²) >= 11 is 5.91. The number of rotatable bonds is 2. The topological polar surface area (TPSA) is 66.6 Å². The summed E-state index contributed by atoms with van der Waals surface area (Å²) < 4.78 is 5.42. The lowest BCUT2D eigenvalue weighted by Crippen LogP contribution is -2.33. The standard InChI is InChI=1S/C16H17ClN2O3/c1-9-15(22-10(2)18-9)16(21)19-8-7-13(20)14(19)11-3-5-12(17)6-4-11/h3-6,13-14,20H,7-8H2,1-2H3/t13-,14-/m1/s1. The summed E-state index contributed by atoms with van der Waals surface area (Å²) in [6, 6.07) is 6.79. The number of amides is 1. The average molecular weight is 321 g/mol. The molecule has 1 aromatic heterocycles. The predicted octanol–water partition coefficient (Wildman–Crippen LogP) is 2.89. The number of oxazole rings is 1. The minimum atomic E-state index is -0.602. The summed E-state index contributed by atoms with van der Waals surface area (Å²) in [7, 11) is 0. The van der Waals surface area contributed by atoms with E-state index >= 15 is 0 Å². The molecule has 1 amide bonds. The molecular formula is C16H17ClN2O3. The van der Waals surface area contributed by atoms with Gasteiger partial charge in [-0.25, -0.2) is 4.98 Å². The molecule has 1 fully saturated rings. The molecule has 0 saturated carbocycles. The van der Waals surface area contributed by atoms with Crippen LogP contribution in [0.4, 0.5) is 0 Å². The minimum absolute atomic E-state index is 0.241. The van der Waals surface area contributed by atoms with Crippen LogP contribution in [0.5, 0.6) is 0 Å². The fourth-order valence-electron chi connectivity index (χ4n) is 2.93. The van der Waals surface area contributed by atoms with Gasteiger partial charge in [-0.3, -0.25) is 4.79 Å². The summed E-state index contributed by atoms with van der Waals surface area (Å²) in [6.07, 6.45) is -0.0694. The molecule has 0 radical (unpaired) electrons. The maximum Gasteiger partial charge on any atom is 0.292 e. The Morgan fingerprint density at radius 1 is 1.36 bits per heavy atom. The van der Waals surface area contributed by atoms with Gasteiger partial charge in [0, 0.05) is 18.5 Å². The highest BCUT2D eigenvalue weighted by Gasteiger charge is 2.39. The molecule has 0 unspecified atom stereocenters. The summed E-state index contributed by atoms with van der Waals surface area (Å²) in [4.78, 5) is 18.5. The Kier molecular flexibility index (Phi) is 3.93. The van der Waals surface area contributed by atoms with Crippen molar-refractivity contribution in [3.05, 3.63) is 52.2 Å². The van der Waals surface area contributed by atoms with Crippen molar-refractivity contribution in [2.24, 2.45) is 0 Å². The Morgan fingerprint density at radius 3 is 2.64 bits per heavy atom. The molecule has 22 heavy (non-hydrogen) atoms. The number of benzene rings is 1. The van der Waals surface area contributed by atoms with E-state index in [1.807, 2.05) is 12.1 Å². The average Bonchev–Trinajstić information content (AvgIpc) is 3.02. The number of carbonyl (C=O) groups is 1. The second kappa shape index (κ2) is 5.74. The van der Waals surface area contributed by atoms with Gasteiger partial charge in [0.25, 0.3) is 5.91 Å². The number of nitrogens with zero attached hydrogens (tertiary/aromatic N) is 2. The summed E-state index contributed by atoms with van der Waals surface area (Å²) in [5.41, 5.74) is 1.43. The molecule has 1 aliphatic rings. The summed E-state index contributed by atoms with van der Waals surface area (Å²) in [5.74, 6) is 0.462. The van der Waals surface area contributed by atoms with Gasteiger partial charge >= 0.3 is 0 Å². The van der Waals surface area contributed by atoms with E-state index in [-0.39, 0.29) is 11.7 Å². The number of likely N-dealkylation sites (tertiary alicyclic amines) is 1. The molecule has 5 nitrogen and oxygen atoms in total. The van der Waals surface area contributed by atoms with E-state index < -0.39 is 12.1 Å². The number of aryl methyl sites for hydroxylation is 2. The van der Waals surface area contributed by atoms with Gasteiger partial charge in [0.15, 0.2) is 5.89 Å². The third-order valence-corrected chi connectivity index (χ3v) is 4.19. The van der Waals surface area contributed by atoms with Crippen molar-refractivity contribution in [3.8, 4) is 0 Å². The maximum atomic E-state index is 12.7. The van der Waals surface area contributed by atoms with E-state index in [1.165, 1.54) is 0 Å². The van der Waals surface area contributed by atoms with Crippen LogP contribution in [0.3, 0.4) is 0 Å². The van der Waals surface area contributed by atoms with Crippen LogP contribution in [-0.4, -0.2) is 33.5 Å². The number of hydrogen-bond donors (Lipinski definition) is 1. The van der Waals surface area contributed by atoms with Gasteiger partial charge in [-0.1, -0.05) is 23.7 Å². The highest BCUT2D eigenvalue weighted by molar-refractivity contribution is 6.30. The van der Waals surface area contributed by atoms with Crippen molar-refractivity contribution in [1.82, 2.24) is 9.88 Å². The van der Waals surface area contributed by atoms with E-state index in [0.29, 0.717) is 29.6 Å². The summed E-state index contributed by atoms with van der Waals surface area (Å²) in [5, 5.41) is 10.9. The highest BCUT2D eigenvalue weighted by Crippen LogP contribution is 2.34. The van der Waals surface area contributed by atoms with Crippen LogP contribution in [0.1, 0.15) is 40.2 Å². The fourth-order valence-corrected chi connectivity index (χ4v) is 3.05. The third kappa shape index (κ3) is 2.62. The molecule has 2 atom stereocenters. The van der Waals surface area contributed by atoms with Gasteiger partial charge in [0.2, 0.25) is 5.76 Å². The molecule has 2 aromatic rings. The monoisotopic (exact) mass is 320 g/mol. The summed E-state index contributed by atoms with van der Waals surface area (Å²) in [6.45, 7) is 3.93. The van der Waals surface area contributed by atoms with Crippen LogP contribution < -0.4 is 0 Å². The van der Waals surface area contributed by atoms with Crippen molar-refractivity contribution in [2.45, 2.75) is 32.4 Å². The number of aliphatic hydroxyl groups is 1. The largest absolute Gasteiger partial charge is 0.436 e. The Morgan fingerprint density at radius 2 is 2.05 bits per heavy atom. The first-order valence-corrected chi connectivity index (χ1v) is 7.53. The molecule has 3 rings (SSSR count). The van der Waals surface area contributed by atoms with Crippen LogP contribution in [0.2, 0.25) is 5.02 Å². The van der Waals surface area contributed by atoms with Crippen molar-refractivity contribution in [1.29, 1.82) is 0 Å². The van der Waals surface area contributed by atoms with Crippen LogP contribution in [0, 0.1) is 13.8 Å². The zero-order valence-electron chi connectivity index (χ0n) is 12.4. The lowest BCUT2D eigenvalue weighted by molar-refractivity contribution is 0.0606. The number of aromatic nitrogens is 1. The number of carbonyl (C=O) groups excluding carboxylic acids is 1. The van der Waals surface area contributed by atoms with Crippen LogP contribution in [0.15, 0.2) is 28.7 Å². The Bertz CT molecular complexity index is 696. The van der Waals surface area contributed by atoms with E-state index in [0.717, 1.165) is 5.56 Å². The number of hydrogen-bond acceptors (Lipinski definition) is 4. The van der Waals surface area contributed by atoms with Crippen LogP contribution in [0.25, 0.3) is 0 Å². The quantitative estimate of drug-likeness (QED) is 0.924. The maximum absolute atomic E-state index is 12.7. The highest BCUT2D eigenvalue weighted by atomic mass is 35.5. The first kappa shape index (κ1) is 15.1. The second-order valence-corrected chi connectivity index (χ2v) is 5.93. The molecule has 1 saturated heterocycles. The SMILES string of the molecule is Cc1nc(C)c(C(=O)N2CC[C@@H](O)[C@H]2c2ccc(Cl)cc2)o1. The molecule has 0 bridgehead atoms. The fraction of sp³-hybridized carbons (Fsp3) is 0.375. The first-order valence-electron chi connectivity index (χ1n) is 7.16. The molecule has 2 heterocycles. The zero-order chi connectivity index (χ0) is 15.9. The van der Waals surface area contributed by atoms with Gasteiger partial charge in [0.1, 0.15) is 0 Å². The van der Waals surface area contributed by atoms with Crippen LogP contribution in [-0.2, 0) is 0 Å². The molecule has 0 aliphatic carbocycles. The molecule has 1 aromatic carbocycles. The van der Waals surface area contributed by atoms with Crippen LogP contribution >= 0.6 is 11.6 Å². The van der Waals surface area contributed by atoms with Gasteiger partial charge in [-0.05, 0) is 31.0 Å². The number of halogens is 1. The second-order valence-electron chi connectivity index (χ2n) is 5.50. The number of aliphatic hydroxyl groups excluding tert-OH is 1. The van der Waals surface area contributed by atoms with E-state index in [4.69, 9.17) is 16.0 Å².